The van der Waals surface area contributed by atoms with Gasteiger partial charge in [-0.25, -0.2) is 0 Å². The van der Waals surface area contributed by atoms with Crippen molar-refractivity contribution in [3.05, 3.63) is 36.3 Å². The number of nitrogens with two attached hydrogens (primary N) is 1. The molecule has 0 radical (unpaired) electrons. The number of nitrogens with zero attached hydrogens (tertiary/aromatic N) is 2. The number of rotatable bonds is 7. The van der Waals surface area contributed by atoms with Crippen LogP contribution in [0.3, 0.4) is 0 Å². The molecule has 2 heterocycles. The van der Waals surface area contributed by atoms with Crippen LogP contribution in [-0.4, -0.2) is 28.6 Å². The molecule has 0 bridgehead atoms. The molecule has 0 aliphatic rings. The van der Waals surface area contributed by atoms with E-state index in [0.29, 0.717) is 12.3 Å². The zero-order valence-corrected chi connectivity index (χ0v) is 12.1. The van der Waals surface area contributed by atoms with Gasteiger partial charge in [-0.05, 0) is 18.6 Å². The summed E-state index contributed by atoms with van der Waals surface area (Å²) in [6, 6.07) is 5.22. The smallest absolute Gasteiger partial charge is 0.273 e. The Morgan fingerprint density at radius 1 is 1.52 bits per heavy atom. The maximum absolute atomic E-state index is 12.1. The number of nitrogens with one attached hydrogen (secondary N) is 1. The lowest BCUT2D eigenvalue weighted by Gasteiger charge is -2.15. The summed E-state index contributed by atoms with van der Waals surface area (Å²) in [7, 11) is 0. The summed E-state index contributed by atoms with van der Waals surface area (Å²) >= 11 is 0. The van der Waals surface area contributed by atoms with Gasteiger partial charge in [0.1, 0.15) is 0 Å². The Bertz CT molecular complexity index is 568. The van der Waals surface area contributed by atoms with E-state index in [9.17, 15) is 4.79 Å². The van der Waals surface area contributed by atoms with Crippen molar-refractivity contribution in [2.45, 2.75) is 32.2 Å². The Balaban J connectivity index is 2.02. The third-order valence-corrected chi connectivity index (χ3v) is 3.21. The molecular weight excluding hydrogens is 268 g/mol. The Morgan fingerprint density at radius 3 is 3.05 bits per heavy atom. The van der Waals surface area contributed by atoms with E-state index in [2.05, 4.69) is 22.4 Å². The standard InChI is InChI=1S/C15H20N4O2/c1-2-3-6-12(9-16)18-15(20)13-8-14(21-19-13)11-5-4-7-17-10-11/h4-5,7-8,10,12H,2-3,6,9,16H2,1H3,(H,18,20). The molecule has 21 heavy (non-hydrogen) atoms. The Hall–Kier alpha value is -2.21. The fraction of sp³-hybridized carbons (Fsp3) is 0.400. The Kier molecular flexibility index (Phi) is 5.45. The number of carbonyl (C=O) groups excluding carboxylic acids is 1. The molecule has 0 aliphatic carbocycles. The van der Waals surface area contributed by atoms with Gasteiger partial charge in [0, 0.05) is 36.6 Å². The summed E-state index contributed by atoms with van der Waals surface area (Å²) in [6.45, 7) is 2.52. The van der Waals surface area contributed by atoms with Crippen LogP contribution in [0.5, 0.6) is 0 Å². The zero-order chi connectivity index (χ0) is 15.1. The van der Waals surface area contributed by atoms with Crippen LogP contribution in [0.1, 0.15) is 36.7 Å². The first-order valence-corrected chi connectivity index (χ1v) is 7.12. The predicted molar refractivity (Wildman–Crippen MR) is 79.6 cm³/mol. The molecule has 0 saturated heterocycles. The summed E-state index contributed by atoms with van der Waals surface area (Å²) in [6.07, 6.45) is 6.30. The van der Waals surface area contributed by atoms with Crippen LogP contribution in [-0.2, 0) is 0 Å². The van der Waals surface area contributed by atoms with E-state index in [1.165, 1.54) is 0 Å². The van der Waals surface area contributed by atoms with Crippen molar-refractivity contribution in [1.29, 1.82) is 0 Å². The second-order valence-corrected chi connectivity index (χ2v) is 4.87. The molecule has 0 saturated carbocycles. The fourth-order valence-corrected chi connectivity index (χ4v) is 1.99. The van der Waals surface area contributed by atoms with E-state index in [-0.39, 0.29) is 17.6 Å². The molecule has 1 atom stereocenters. The number of hydrogen-bond donors (Lipinski definition) is 2. The molecule has 0 fully saturated rings. The molecule has 0 aromatic carbocycles. The van der Waals surface area contributed by atoms with Crippen molar-refractivity contribution in [3.63, 3.8) is 0 Å². The van der Waals surface area contributed by atoms with Crippen LogP contribution in [0, 0.1) is 0 Å². The molecule has 0 spiro atoms. The van der Waals surface area contributed by atoms with Crippen LogP contribution in [0.4, 0.5) is 0 Å². The SMILES string of the molecule is CCCCC(CN)NC(=O)c1cc(-c2cccnc2)on1. The van der Waals surface area contributed by atoms with Crippen molar-refractivity contribution in [2.75, 3.05) is 6.54 Å². The maximum Gasteiger partial charge on any atom is 0.273 e. The van der Waals surface area contributed by atoms with Gasteiger partial charge in [0.15, 0.2) is 11.5 Å². The van der Waals surface area contributed by atoms with Crippen LogP contribution in [0.15, 0.2) is 35.1 Å². The molecule has 1 amide bonds. The lowest BCUT2D eigenvalue weighted by molar-refractivity contribution is 0.0926. The summed E-state index contributed by atoms with van der Waals surface area (Å²) in [4.78, 5) is 16.1. The molecule has 1 unspecified atom stereocenters. The number of carbonyl (C=O) groups is 1. The quantitative estimate of drug-likeness (QED) is 0.812. The van der Waals surface area contributed by atoms with Crippen molar-refractivity contribution >= 4 is 5.91 Å². The van der Waals surface area contributed by atoms with Crippen LogP contribution in [0.2, 0.25) is 0 Å². The van der Waals surface area contributed by atoms with Gasteiger partial charge in [-0.3, -0.25) is 9.78 Å². The molecule has 6 heteroatoms. The van der Waals surface area contributed by atoms with E-state index < -0.39 is 0 Å². The summed E-state index contributed by atoms with van der Waals surface area (Å²) in [5.74, 6) is 0.256. The lowest BCUT2D eigenvalue weighted by atomic mass is 10.1. The first-order valence-electron chi connectivity index (χ1n) is 7.12. The van der Waals surface area contributed by atoms with E-state index in [1.54, 1.807) is 24.5 Å². The Labute approximate surface area is 123 Å². The predicted octanol–water partition coefficient (Wildman–Crippen LogP) is 1.98. The molecular formula is C15H20N4O2. The average molecular weight is 288 g/mol. The highest BCUT2D eigenvalue weighted by Crippen LogP contribution is 2.18. The fourth-order valence-electron chi connectivity index (χ4n) is 1.99. The minimum atomic E-state index is -0.263. The topological polar surface area (TPSA) is 94.0 Å². The normalized spacial score (nSPS) is 12.1. The number of aromatic nitrogens is 2. The van der Waals surface area contributed by atoms with Crippen LogP contribution < -0.4 is 11.1 Å². The van der Waals surface area contributed by atoms with E-state index in [0.717, 1.165) is 24.8 Å². The third-order valence-electron chi connectivity index (χ3n) is 3.21. The molecule has 3 N–H and O–H groups in total. The van der Waals surface area contributed by atoms with Crippen molar-refractivity contribution < 1.29 is 9.32 Å². The first kappa shape index (κ1) is 15.2. The van der Waals surface area contributed by atoms with Gasteiger partial charge in [-0.15, -0.1) is 0 Å². The van der Waals surface area contributed by atoms with Crippen molar-refractivity contribution in [3.8, 4) is 11.3 Å². The number of amides is 1. The zero-order valence-electron chi connectivity index (χ0n) is 12.1. The molecule has 2 rings (SSSR count). The second-order valence-electron chi connectivity index (χ2n) is 4.87. The maximum atomic E-state index is 12.1. The number of hydrogen-bond acceptors (Lipinski definition) is 5. The van der Waals surface area contributed by atoms with Gasteiger partial charge in [0.25, 0.3) is 5.91 Å². The van der Waals surface area contributed by atoms with Gasteiger partial charge < -0.3 is 15.6 Å². The molecule has 6 nitrogen and oxygen atoms in total. The van der Waals surface area contributed by atoms with Crippen LogP contribution in [0.25, 0.3) is 11.3 Å². The Morgan fingerprint density at radius 2 is 2.38 bits per heavy atom. The summed E-state index contributed by atoms with van der Waals surface area (Å²) in [5.41, 5.74) is 6.71. The largest absolute Gasteiger partial charge is 0.355 e. The number of pyridine rings is 1. The molecule has 112 valence electrons. The van der Waals surface area contributed by atoms with Gasteiger partial charge in [-0.2, -0.15) is 0 Å². The van der Waals surface area contributed by atoms with Crippen molar-refractivity contribution in [1.82, 2.24) is 15.5 Å². The third kappa shape index (κ3) is 4.13. The average Bonchev–Trinajstić information content (AvgIpc) is 3.02. The van der Waals surface area contributed by atoms with Crippen molar-refractivity contribution in [2.24, 2.45) is 5.73 Å². The van der Waals surface area contributed by atoms with E-state index >= 15 is 0 Å². The first-order chi connectivity index (χ1) is 10.2. The van der Waals surface area contributed by atoms with E-state index in [1.807, 2.05) is 6.07 Å². The summed E-state index contributed by atoms with van der Waals surface area (Å²) in [5, 5.41) is 6.69. The highest BCUT2D eigenvalue weighted by Gasteiger charge is 2.16. The monoisotopic (exact) mass is 288 g/mol. The minimum Gasteiger partial charge on any atom is -0.355 e. The highest BCUT2D eigenvalue weighted by atomic mass is 16.5. The van der Waals surface area contributed by atoms with Gasteiger partial charge in [-0.1, -0.05) is 24.9 Å². The molecule has 2 aromatic heterocycles. The molecule has 0 aliphatic heterocycles. The summed E-state index contributed by atoms with van der Waals surface area (Å²) < 4.78 is 5.19. The van der Waals surface area contributed by atoms with Gasteiger partial charge >= 0.3 is 0 Å². The van der Waals surface area contributed by atoms with Gasteiger partial charge in [0.2, 0.25) is 0 Å². The van der Waals surface area contributed by atoms with E-state index in [4.69, 9.17) is 10.3 Å². The van der Waals surface area contributed by atoms with Crippen LogP contribution >= 0.6 is 0 Å². The highest BCUT2D eigenvalue weighted by molar-refractivity contribution is 5.93. The number of unbranched alkanes of at least 4 members (excludes halogenated alkanes) is 1. The van der Waals surface area contributed by atoms with Gasteiger partial charge in [0.05, 0.1) is 0 Å². The lowest BCUT2D eigenvalue weighted by Crippen LogP contribution is -2.40. The minimum absolute atomic E-state index is 0.0315. The molecule has 2 aromatic rings. The second kappa shape index (κ2) is 7.54.